The van der Waals surface area contributed by atoms with Gasteiger partial charge in [-0.2, -0.15) is 0 Å². The van der Waals surface area contributed by atoms with Crippen molar-refractivity contribution in [3.8, 4) is 0 Å². The summed E-state index contributed by atoms with van der Waals surface area (Å²) in [6.07, 6.45) is 0. The standard InChI is InChI=1S/C21H22N2O4S/c1-5-26-18(24)14-10-6-9-13-17(14)28-21(19(25)27-20(2,3)4)22-15-11-7-8-12-16(15)23-21/h6-13H,5H2,1-4H3. The lowest BCUT2D eigenvalue weighted by Crippen LogP contribution is -2.38. The van der Waals surface area contributed by atoms with Crippen molar-refractivity contribution in [2.75, 3.05) is 6.61 Å². The van der Waals surface area contributed by atoms with E-state index in [-0.39, 0.29) is 6.61 Å². The zero-order chi connectivity index (χ0) is 20.4. The van der Waals surface area contributed by atoms with Crippen LogP contribution >= 0.6 is 11.8 Å². The topological polar surface area (TPSA) is 77.3 Å². The third kappa shape index (κ3) is 4.25. The average Bonchev–Trinajstić information content (AvgIpc) is 3.00. The van der Waals surface area contributed by atoms with Gasteiger partial charge in [0.2, 0.25) is 0 Å². The molecule has 1 aliphatic heterocycles. The maximum absolute atomic E-state index is 13.1. The van der Waals surface area contributed by atoms with Gasteiger partial charge in [0, 0.05) is 4.90 Å². The van der Waals surface area contributed by atoms with Crippen LogP contribution < -0.4 is 10.7 Å². The van der Waals surface area contributed by atoms with Crippen molar-refractivity contribution >= 4 is 23.7 Å². The van der Waals surface area contributed by atoms with Gasteiger partial charge >= 0.3 is 16.9 Å². The first kappa shape index (κ1) is 20.1. The van der Waals surface area contributed by atoms with Crippen molar-refractivity contribution in [3.63, 3.8) is 0 Å². The third-order valence-corrected chi connectivity index (χ3v) is 4.93. The predicted molar refractivity (Wildman–Crippen MR) is 106 cm³/mol. The van der Waals surface area contributed by atoms with E-state index in [2.05, 4.69) is 9.98 Å². The molecule has 6 nitrogen and oxygen atoms in total. The van der Waals surface area contributed by atoms with E-state index in [1.165, 1.54) is 0 Å². The highest BCUT2D eigenvalue weighted by molar-refractivity contribution is 8.01. The molecule has 1 heterocycles. The highest BCUT2D eigenvalue weighted by Gasteiger charge is 2.45. The Morgan fingerprint density at radius 1 is 1.00 bits per heavy atom. The number of carbonyl (C=O) groups is 2. The van der Waals surface area contributed by atoms with E-state index in [0.717, 1.165) is 11.8 Å². The molecule has 7 heteroatoms. The van der Waals surface area contributed by atoms with Gasteiger partial charge < -0.3 is 9.47 Å². The number of rotatable bonds is 5. The summed E-state index contributed by atoms with van der Waals surface area (Å²) in [7, 11) is 0. The van der Waals surface area contributed by atoms with Gasteiger partial charge in [0.05, 0.1) is 22.9 Å². The van der Waals surface area contributed by atoms with Crippen LogP contribution in [0.1, 0.15) is 38.1 Å². The molecule has 0 saturated carbocycles. The van der Waals surface area contributed by atoms with Crippen molar-refractivity contribution in [2.24, 2.45) is 9.98 Å². The maximum atomic E-state index is 13.1. The predicted octanol–water partition coefficient (Wildman–Crippen LogP) is 2.90. The van der Waals surface area contributed by atoms with E-state index >= 15 is 0 Å². The average molecular weight is 398 g/mol. The number of esters is 2. The van der Waals surface area contributed by atoms with Gasteiger partial charge in [0.25, 0.3) is 0 Å². The van der Waals surface area contributed by atoms with Crippen LogP contribution in [0.25, 0.3) is 0 Å². The molecule has 0 radical (unpaired) electrons. The summed E-state index contributed by atoms with van der Waals surface area (Å²) in [5.41, 5.74) is -0.343. The molecule has 0 N–H and O–H groups in total. The monoisotopic (exact) mass is 398 g/mol. The summed E-state index contributed by atoms with van der Waals surface area (Å²) in [5, 5.41) is 1.21. The zero-order valence-corrected chi connectivity index (χ0v) is 17.1. The van der Waals surface area contributed by atoms with E-state index in [1.807, 2.05) is 12.1 Å². The van der Waals surface area contributed by atoms with Crippen LogP contribution in [0.4, 0.5) is 0 Å². The van der Waals surface area contributed by atoms with Gasteiger partial charge in [-0.25, -0.2) is 19.6 Å². The van der Waals surface area contributed by atoms with Gasteiger partial charge in [0.1, 0.15) is 5.60 Å². The Hall–Kier alpha value is -2.67. The minimum atomic E-state index is -1.56. The second-order valence-corrected chi connectivity index (χ2v) is 8.35. The zero-order valence-electron chi connectivity index (χ0n) is 16.3. The lowest BCUT2D eigenvalue weighted by atomic mass is 10.2. The van der Waals surface area contributed by atoms with E-state index < -0.39 is 22.5 Å². The Balaban J connectivity index is 2.08. The third-order valence-electron chi connectivity index (χ3n) is 3.73. The first-order valence-corrected chi connectivity index (χ1v) is 9.79. The molecule has 0 aliphatic carbocycles. The molecule has 0 atom stereocenters. The van der Waals surface area contributed by atoms with Gasteiger partial charge in [-0.1, -0.05) is 36.0 Å². The van der Waals surface area contributed by atoms with Crippen LogP contribution in [0.2, 0.25) is 0 Å². The van der Waals surface area contributed by atoms with Crippen LogP contribution in [0.15, 0.2) is 63.4 Å². The number of ether oxygens (including phenoxy) is 2. The fourth-order valence-corrected chi connectivity index (χ4v) is 3.74. The molecule has 3 rings (SSSR count). The summed E-state index contributed by atoms with van der Waals surface area (Å²) < 4.78 is 10.8. The van der Waals surface area contributed by atoms with E-state index in [1.54, 1.807) is 64.1 Å². The molecule has 0 aromatic heterocycles. The fourth-order valence-electron chi connectivity index (χ4n) is 2.61. The molecule has 0 saturated heterocycles. The molecular formula is C21H22N2O4S. The highest BCUT2D eigenvalue weighted by Crippen LogP contribution is 2.39. The van der Waals surface area contributed by atoms with E-state index in [0.29, 0.717) is 21.2 Å². The van der Waals surface area contributed by atoms with Gasteiger partial charge in [-0.15, -0.1) is 0 Å². The smallest absolute Gasteiger partial charge is 0.369 e. The van der Waals surface area contributed by atoms with Gasteiger partial charge in [0.15, 0.2) is 0 Å². The second kappa shape index (κ2) is 7.75. The number of hydrogen-bond acceptors (Lipinski definition) is 7. The summed E-state index contributed by atoms with van der Waals surface area (Å²) in [5.74, 6) is -1.04. The van der Waals surface area contributed by atoms with Gasteiger partial charge in [-0.3, -0.25) is 0 Å². The minimum Gasteiger partial charge on any atom is -0.462 e. The summed E-state index contributed by atoms with van der Waals surface area (Å²) in [6, 6.07) is 14.2. The number of nitrogens with zero attached hydrogens (tertiary/aromatic N) is 2. The van der Waals surface area contributed by atoms with Crippen LogP contribution in [-0.4, -0.2) is 29.1 Å². The van der Waals surface area contributed by atoms with Crippen molar-refractivity contribution in [1.29, 1.82) is 0 Å². The Bertz CT molecular complexity index is 992. The molecule has 0 bridgehead atoms. The first-order valence-electron chi connectivity index (χ1n) is 8.97. The van der Waals surface area contributed by atoms with Crippen molar-refractivity contribution in [3.05, 3.63) is 64.8 Å². The van der Waals surface area contributed by atoms with Crippen LogP contribution in [0, 0.1) is 0 Å². The molecule has 28 heavy (non-hydrogen) atoms. The Morgan fingerprint density at radius 3 is 2.14 bits per heavy atom. The first-order chi connectivity index (χ1) is 13.2. The summed E-state index contributed by atoms with van der Waals surface area (Å²) >= 11 is 1.08. The highest BCUT2D eigenvalue weighted by atomic mass is 32.2. The molecular weight excluding hydrogens is 376 g/mol. The Labute approximate surface area is 167 Å². The Morgan fingerprint density at radius 2 is 1.57 bits per heavy atom. The maximum Gasteiger partial charge on any atom is 0.369 e. The number of fused-ring (bicyclic) bond motifs is 1. The van der Waals surface area contributed by atoms with Crippen molar-refractivity contribution in [2.45, 2.75) is 43.2 Å². The lowest BCUT2D eigenvalue weighted by Gasteiger charge is -2.27. The summed E-state index contributed by atoms with van der Waals surface area (Å²) in [6.45, 7) is 7.37. The minimum absolute atomic E-state index is 0.259. The normalized spacial score (nSPS) is 14.4. The lowest BCUT2D eigenvalue weighted by molar-refractivity contribution is -0.157. The van der Waals surface area contributed by atoms with Crippen LogP contribution in [-0.2, 0) is 14.3 Å². The van der Waals surface area contributed by atoms with Crippen LogP contribution in [0.3, 0.4) is 0 Å². The largest absolute Gasteiger partial charge is 0.462 e. The van der Waals surface area contributed by atoms with E-state index in [9.17, 15) is 9.59 Å². The molecule has 0 fully saturated rings. The molecule has 0 unspecified atom stereocenters. The molecule has 1 aliphatic rings. The number of para-hydroxylation sites is 2. The molecule has 0 amide bonds. The quantitative estimate of drug-likeness (QED) is 0.724. The molecule has 2 aromatic rings. The fraction of sp³-hybridized carbons (Fsp3) is 0.333. The number of hydrogen-bond donors (Lipinski definition) is 0. The SMILES string of the molecule is CCOC(=O)c1ccccc1SC1(C(=O)OC(C)(C)C)N=c2ccccc2=N1. The van der Waals surface area contributed by atoms with Crippen molar-refractivity contribution < 1.29 is 19.1 Å². The van der Waals surface area contributed by atoms with Crippen molar-refractivity contribution in [1.82, 2.24) is 0 Å². The Kier molecular flexibility index (Phi) is 5.56. The van der Waals surface area contributed by atoms with Crippen LogP contribution in [0.5, 0.6) is 0 Å². The molecule has 0 spiro atoms. The summed E-state index contributed by atoms with van der Waals surface area (Å²) in [4.78, 5) is 33.6. The number of carbonyl (C=O) groups excluding carboxylic acids is 2. The molecule has 146 valence electrons. The number of thioether (sulfide) groups is 1. The second-order valence-electron chi connectivity index (χ2n) is 7.14. The van der Waals surface area contributed by atoms with Gasteiger partial charge in [-0.05, 0) is 52.0 Å². The number of benzene rings is 2. The van der Waals surface area contributed by atoms with E-state index in [4.69, 9.17) is 9.47 Å². The molecule has 2 aromatic carbocycles.